The number of amides is 1. The minimum Gasteiger partial charge on any atom is -0.350 e. The zero-order valence-electron chi connectivity index (χ0n) is 16.7. The molecule has 8 nitrogen and oxygen atoms in total. The Morgan fingerprint density at radius 2 is 2.14 bits per heavy atom. The van der Waals surface area contributed by atoms with E-state index in [4.69, 9.17) is 0 Å². The quantitative estimate of drug-likeness (QED) is 0.528. The summed E-state index contributed by atoms with van der Waals surface area (Å²) < 4.78 is 1.73. The van der Waals surface area contributed by atoms with Gasteiger partial charge in [0.1, 0.15) is 12.0 Å². The number of hydrogen-bond donors (Lipinski definition) is 2. The number of nitrogens with zero attached hydrogens (tertiary/aromatic N) is 5. The molecule has 0 unspecified atom stereocenters. The lowest BCUT2D eigenvalue weighted by atomic mass is 9.96. The molecule has 4 heterocycles. The molecule has 0 bridgehead atoms. The van der Waals surface area contributed by atoms with Crippen molar-refractivity contribution in [3.05, 3.63) is 65.5 Å². The number of pyridine rings is 2. The molecule has 29 heavy (non-hydrogen) atoms. The van der Waals surface area contributed by atoms with Crippen molar-refractivity contribution >= 4 is 11.6 Å². The van der Waals surface area contributed by atoms with E-state index in [-0.39, 0.29) is 11.8 Å². The van der Waals surface area contributed by atoms with Gasteiger partial charge in [0.2, 0.25) is 0 Å². The molecule has 148 valence electrons. The van der Waals surface area contributed by atoms with Crippen LogP contribution in [-0.4, -0.2) is 42.2 Å². The maximum atomic E-state index is 12.8. The first-order valence-corrected chi connectivity index (χ1v) is 9.61. The topological polar surface area (TPSA) is 101 Å². The van der Waals surface area contributed by atoms with Gasteiger partial charge in [-0.15, -0.1) is 0 Å². The highest BCUT2D eigenvalue weighted by Gasteiger charge is 2.23. The molecular weight excluding hydrogens is 366 g/mol. The monoisotopic (exact) mass is 389 g/mol. The number of nitrogens with one attached hydrogen (secondary N) is 2. The molecule has 0 saturated carbocycles. The van der Waals surface area contributed by atoms with Gasteiger partial charge in [-0.1, -0.05) is 19.9 Å². The van der Waals surface area contributed by atoms with Crippen molar-refractivity contribution in [1.29, 1.82) is 0 Å². The molecule has 0 aromatic carbocycles. The van der Waals surface area contributed by atoms with E-state index in [9.17, 15) is 4.79 Å². The van der Waals surface area contributed by atoms with Crippen molar-refractivity contribution in [2.24, 2.45) is 0 Å². The van der Waals surface area contributed by atoms with Gasteiger partial charge in [0.05, 0.1) is 5.69 Å². The number of carbonyl (C=O) groups is 1. The molecule has 0 aliphatic carbocycles. The van der Waals surface area contributed by atoms with E-state index in [1.165, 1.54) is 6.33 Å². The van der Waals surface area contributed by atoms with Gasteiger partial charge in [-0.25, -0.2) is 9.50 Å². The molecule has 0 aliphatic rings. The lowest BCUT2D eigenvalue weighted by Gasteiger charge is -2.11. The van der Waals surface area contributed by atoms with Crippen molar-refractivity contribution in [1.82, 2.24) is 35.1 Å². The van der Waals surface area contributed by atoms with E-state index in [0.29, 0.717) is 18.7 Å². The minimum atomic E-state index is -0.165. The molecule has 1 amide bonds. The van der Waals surface area contributed by atoms with Crippen LogP contribution in [0.2, 0.25) is 0 Å². The van der Waals surface area contributed by atoms with E-state index < -0.39 is 0 Å². The fourth-order valence-corrected chi connectivity index (χ4v) is 3.47. The van der Waals surface area contributed by atoms with Crippen molar-refractivity contribution in [3.63, 3.8) is 0 Å². The Labute approximate surface area is 168 Å². The second-order valence-corrected chi connectivity index (χ2v) is 7.28. The van der Waals surface area contributed by atoms with Crippen LogP contribution in [0.3, 0.4) is 0 Å². The molecule has 4 aromatic heterocycles. The van der Waals surface area contributed by atoms with Crippen LogP contribution in [0.5, 0.6) is 0 Å². The second kappa shape index (κ2) is 7.83. The predicted octanol–water partition coefficient (Wildman–Crippen LogP) is 2.92. The van der Waals surface area contributed by atoms with Crippen LogP contribution in [0.4, 0.5) is 0 Å². The summed E-state index contributed by atoms with van der Waals surface area (Å²) in [6.45, 7) is 6.60. The van der Waals surface area contributed by atoms with Gasteiger partial charge in [0.25, 0.3) is 5.91 Å². The van der Waals surface area contributed by atoms with Crippen molar-refractivity contribution in [2.75, 3.05) is 6.54 Å². The third-order valence-corrected chi connectivity index (χ3v) is 4.83. The van der Waals surface area contributed by atoms with Gasteiger partial charge in [0.15, 0.2) is 5.65 Å². The van der Waals surface area contributed by atoms with Crippen LogP contribution in [-0.2, 0) is 6.42 Å². The molecule has 2 N–H and O–H groups in total. The molecule has 8 heteroatoms. The first-order chi connectivity index (χ1) is 14.0. The van der Waals surface area contributed by atoms with E-state index in [1.807, 2.05) is 37.4 Å². The second-order valence-electron chi connectivity index (χ2n) is 7.28. The van der Waals surface area contributed by atoms with Crippen molar-refractivity contribution < 1.29 is 4.79 Å². The summed E-state index contributed by atoms with van der Waals surface area (Å²) >= 11 is 0. The largest absolute Gasteiger partial charge is 0.350 e. The summed E-state index contributed by atoms with van der Waals surface area (Å²) in [7, 11) is 0. The number of aromatic nitrogens is 6. The highest BCUT2D eigenvalue weighted by atomic mass is 16.1. The molecule has 0 fully saturated rings. The molecule has 0 aliphatic heterocycles. The third kappa shape index (κ3) is 3.73. The minimum absolute atomic E-state index is 0.118. The molecule has 0 spiro atoms. The summed E-state index contributed by atoms with van der Waals surface area (Å²) in [4.78, 5) is 21.4. The number of rotatable bonds is 6. The number of aromatic amines is 1. The maximum Gasteiger partial charge on any atom is 0.269 e. The SMILES string of the molecule is Cc1cc(-c2n[nH]c(C(=O)NCCc3ccccn3)c2C(C)C)cn2ncnc12. The molecule has 0 radical (unpaired) electrons. The van der Waals surface area contributed by atoms with E-state index in [2.05, 4.69) is 44.4 Å². The lowest BCUT2D eigenvalue weighted by molar-refractivity contribution is 0.0947. The van der Waals surface area contributed by atoms with Gasteiger partial charge in [-0.3, -0.25) is 14.9 Å². The summed E-state index contributed by atoms with van der Waals surface area (Å²) in [5.41, 5.74) is 5.79. The van der Waals surface area contributed by atoms with E-state index in [1.54, 1.807) is 10.7 Å². The van der Waals surface area contributed by atoms with Crippen molar-refractivity contribution in [2.45, 2.75) is 33.1 Å². The first-order valence-electron chi connectivity index (χ1n) is 9.61. The zero-order chi connectivity index (χ0) is 20.4. The van der Waals surface area contributed by atoms with Crippen LogP contribution in [0, 0.1) is 6.92 Å². The standard InChI is InChI=1S/C21H23N7O/c1-13(2)17-18(15-10-14(3)20-24-12-25-28(20)11-15)26-27-19(17)21(29)23-9-7-16-6-4-5-8-22-16/h4-6,8,10-13H,7,9H2,1-3H3,(H,23,29)(H,26,27). The van der Waals surface area contributed by atoms with Gasteiger partial charge < -0.3 is 5.32 Å². The van der Waals surface area contributed by atoms with Crippen LogP contribution in [0.15, 0.2) is 43.0 Å². The summed E-state index contributed by atoms with van der Waals surface area (Å²) in [6, 6.07) is 7.79. The van der Waals surface area contributed by atoms with E-state index in [0.717, 1.165) is 33.7 Å². The van der Waals surface area contributed by atoms with Gasteiger partial charge in [-0.05, 0) is 36.6 Å². The predicted molar refractivity (Wildman–Crippen MR) is 110 cm³/mol. The number of carbonyl (C=O) groups excluding carboxylic acids is 1. The fourth-order valence-electron chi connectivity index (χ4n) is 3.47. The van der Waals surface area contributed by atoms with Crippen LogP contribution in [0.25, 0.3) is 16.9 Å². The molecule has 4 rings (SSSR count). The Bertz CT molecular complexity index is 1140. The fraction of sp³-hybridized carbons (Fsp3) is 0.286. The number of fused-ring (bicyclic) bond motifs is 1. The van der Waals surface area contributed by atoms with Gasteiger partial charge in [0, 0.05) is 42.2 Å². The Morgan fingerprint density at radius 1 is 1.28 bits per heavy atom. The van der Waals surface area contributed by atoms with Gasteiger partial charge >= 0.3 is 0 Å². The Morgan fingerprint density at radius 3 is 2.90 bits per heavy atom. The first kappa shape index (κ1) is 18.8. The number of H-pyrrole nitrogens is 1. The van der Waals surface area contributed by atoms with Gasteiger partial charge in [-0.2, -0.15) is 10.2 Å². The normalized spacial score (nSPS) is 11.3. The number of aryl methyl sites for hydroxylation is 1. The Hall–Kier alpha value is -3.55. The lowest BCUT2D eigenvalue weighted by Crippen LogP contribution is -2.27. The van der Waals surface area contributed by atoms with Crippen LogP contribution < -0.4 is 5.32 Å². The summed E-state index contributed by atoms with van der Waals surface area (Å²) in [5, 5.41) is 14.6. The Kier molecular flexibility index (Phi) is 5.07. The summed E-state index contributed by atoms with van der Waals surface area (Å²) in [6.07, 6.45) is 5.84. The highest BCUT2D eigenvalue weighted by Crippen LogP contribution is 2.31. The van der Waals surface area contributed by atoms with Crippen molar-refractivity contribution in [3.8, 4) is 11.3 Å². The average molecular weight is 389 g/mol. The maximum absolute atomic E-state index is 12.8. The molecule has 4 aromatic rings. The summed E-state index contributed by atoms with van der Waals surface area (Å²) in [5.74, 6) is -0.0472. The zero-order valence-corrected chi connectivity index (χ0v) is 16.7. The van der Waals surface area contributed by atoms with Crippen LogP contribution >= 0.6 is 0 Å². The smallest absolute Gasteiger partial charge is 0.269 e. The molecular formula is C21H23N7O. The van der Waals surface area contributed by atoms with Crippen LogP contribution in [0.1, 0.15) is 47.1 Å². The highest BCUT2D eigenvalue weighted by molar-refractivity contribution is 5.95. The third-order valence-electron chi connectivity index (χ3n) is 4.83. The molecule has 0 atom stereocenters. The Balaban J connectivity index is 1.59. The molecule has 0 saturated heterocycles. The number of hydrogen-bond acceptors (Lipinski definition) is 5. The van der Waals surface area contributed by atoms with E-state index >= 15 is 0 Å². The average Bonchev–Trinajstić information content (AvgIpc) is 3.36.